The first-order valence-electron chi connectivity index (χ1n) is 5.27. The topological polar surface area (TPSA) is 42.4 Å². The number of aromatic nitrogens is 1. The van der Waals surface area contributed by atoms with Crippen LogP contribution in [0.3, 0.4) is 0 Å². The molecule has 1 N–H and O–H groups in total. The normalized spacial score (nSPS) is 10.2. The molecule has 0 aliphatic rings. The van der Waals surface area contributed by atoms with Crippen molar-refractivity contribution < 1.29 is 9.84 Å². The first kappa shape index (κ1) is 11.9. The van der Waals surface area contributed by atoms with Crippen LogP contribution in [0.1, 0.15) is 5.56 Å². The Morgan fingerprint density at radius 2 is 1.88 bits per heavy atom. The molecule has 0 spiro atoms. The highest BCUT2D eigenvalue weighted by Gasteiger charge is 1.99. The number of ether oxygens (including phenoxy) is 1. The van der Waals surface area contributed by atoms with Crippen LogP contribution >= 0.6 is 11.6 Å². The van der Waals surface area contributed by atoms with Crippen molar-refractivity contribution in [2.24, 2.45) is 0 Å². The quantitative estimate of drug-likeness (QED) is 0.847. The van der Waals surface area contributed by atoms with Gasteiger partial charge in [0.1, 0.15) is 16.7 Å². The van der Waals surface area contributed by atoms with E-state index in [1.54, 1.807) is 18.3 Å². The van der Waals surface area contributed by atoms with Gasteiger partial charge in [0, 0.05) is 18.9 Å². The molecule has 0 atom stereocenters. The van der Waals surface area contributed by atoms with Gasteiger partial charge in [0.15, 0.2) is 0 Å². The highest BCUT2D eigenvalue weighted by molar-refractivity contribution is 6.29. The van der Waals surface area contributed by atoms with Gasteiger partial charge in [-0.3, -0.25) is 0 Å². The maximum Gasteiger partial charge on any atom is 0.132 e. The summed E-state index contributed by atoms with van der Waals surface area (Å²) in [5, 5.41) is 9.20. The van der Waals surface area contributed by atoms with Crippen molar-refractivity contribution in [1.29, 1.82) is 0 Å². The van der Waals surface area contributed by atoms with Crippen molar-refractivity contribution in [2.45, 2.75) is 6.42 Å². The number of aliphatic hydroxyl groups is 1. The first-order valence-corrected chi connectivity index (χ1v) is 5.65. The third-order valence-electron chi connectivity index (χ3n) is 2.26. The Morgan fingerprint density at radius 3 is 2.53 bits per heavy atom. The number of aliphatic hydroxyl groups excluding tert-OH is 1. The molecular weight excluding hydrogens is 238 g/mol. The minimum atomic E-state index is 0.153. The molecular formula is C13H12ClNO2. The number of hydrogen-bond acceptors (Lipinski definition) is 3. The summed E-state index contributed by atoms with van der Waals surface area (Å²) < 4.78 is 5.61. The summed E-state index contributed by atoms with van der Waals surface area (Å²) in [4.78, 5) is 3.88. The van der Waals surface area contributed by atoms with E-state index in [0.717, 1.165) is 11.3 Å². The average Bonchev–Trinajstić information content (AvgIpc) is 2.32. The molecule has 1 heterocycles. The molecule has 88 valence electrons. The van der Waals surface area contributed by atoms with Gasteiger partial charge in [0.05, 0.1) is 0 Å². The van der Waals surface area contributed by atoms with Gasteiger partial charge in [0.2, 0.25) is 0 Å². The van der Waals surface area contributed by atoms with E-state index < -0.39 is 0 Å². The Bertz CT molecular complexity index is 485. The van der Waals surface area contributed by atoms with Crippen molar-refractivity contribution in [2.75, 3.05) is 6.61 Å². The van der Waals surface area contributed by atoms with Gasteiger partial charge in [-0.25, -0.2) is 4.98 Å². The molecule has 0 bridgehead atoms. The van der Waals surface area contributed by atoms with Gasteiger partial charge in [-0.15, -0.1) is 0 Å². The van der Waals surface area contributed by atoms with Crippen LogP contribution in [-0.4, -0.2) is 16.7 Å². The van der Waals surface area contributed by atoms with E-state index in [2.05, 4.69) is 4.98 Å². The SMILES string of the molecule is OCCc1ccc(Oc2ccnc(Cl)c2)cc1. The predicted molar refractivity (Wildman–Crippen MR) is 66.6 cm³/mol. The van der Waals surface area contributed by atoms with E-state index in [0.29, 0.717) is 17.3 Å². The number of halogens is 1. The molecule has 0 unspecified atom stereocenters. The van der Waals surface area contributed by atoms with Crippen molar-refractivity contribution in [3.63, 3.8) is 0 Å². The Labute approximate surface area is 105 Å². The lowest BCUT2D eigenvalue weighted by molar-refractivity contribution is 0.299. The van der Waals surface area contributed by atoms with Crippen LogP contribution in [0, 0.1) is 0 Å². The lowest BCUT2D eigenvalue weighted by Crippen LogP contribution is -1.90. The van der Waals surface area contributed by atoms with Crippen LogP contribution in [0.25, 0.3) is 0 Å². The number of pyridine rings is 1. The molecule has 1 aromatic carbocycles. The molecule has 0 aliphatic heterocycles. The summed E-state index contributed by atoms with van der Waals surface area (Å²) in [5.41, 5.74) is 1.08. The number of hydrogen-bond donors (Lipinski definition) is 1. The number of benzene rings is 1. The predicted octanol–water partition coefficient (Wildman–Crippen LogP) is 3.06. The Balaban J connectivity index is 2.08. The summed E-state index contributed by atoms with van der Waals surface area (Å²) in [7, 11) is 0. The lowest BCUT2D eigenvalue weighted by atomic mass is 10.1. The second-order valence-electron chi connectivity index (χ2n) is 3.53. The van der Waals surface area contributed by atoms with E-state index >= 15 is 0 Å². The minimum Gasteiger partial charge on any atom is -0.457 e. The van der Waals surface area contributed by atoms with Crippen molar-refractivity contribution in [3.05, 3.63) is 53.3 Å². The smallest absolute Gasteiger partial charge is 0.132 e. The fourth-order valence-electron chi connectivity index (χ4n) is 1.44. The molecule has 0 amide bonds. The Hall–Kier alpha value is -1.58. The van der Waals surface area contributed by atoms with Crippen LogP contribution in [0.5, 0.6) is 11.5 Å². The molecule has 0 fully saturated rings. The van der Waals surface area contributed by atoms with E-state index in [9.17, 15) is 0 Å². The second kappa shape index (κ2) is 5.66. The molecule has 0 saturated heterocycles. The number of nitrogens with zero attached hydrogens (tertiary/aromatic N) is 1. The molecule has 2 rings (SSSR count). The van der Waals surface area contributed by atoms with Crippen LogP contribution in [0.4, 0.5) is 0 Å². The summed E-state index contributed by atoms with van der Waals surface area (Å²) in [6.45, 7) is 0.153. The van der Waals surface area contributed by atoms with Crippen LogP contribution in [-0.2, 0) is 6.42 Å². The standard InChI is InChI=1S/C13H12ClNO2/c14-13-9-12(5-7-15-13)17-11-3-1-10(2-4-11)6-8-16/h1-5,7,9,16H,6,8H2. The summed E-state index contributed by atoms with van der Waals surface area (Å²) in [5.74, 6) is 1.38. The Kier molecular flexibility index (Phi) is 3.96. The second-order valence-corrected chi connectivity index (χ2v) is 3.92. The van der Waals surface area contributed by atoms with Gasteiger partial charge in [-0.2, -0.15) is 0 Å². The molecule has 0 aliphatic carbocycles. The van der Waals surface area contributed by atoms with Gasteiger partial charge >= 0.3 is 0 Å². The van der Waals surface area contributed by atoms with E-state index in [1.165, 1.54) is 0 Å². The summed E-state index contributed by atoms with van der Waals surface area (Å²) in [6.07, 6.45) is 2.25. The van der Waals surface area contributed by atoms with Gasteiger partial charge < -0.3 is 9.84 Å². The van der Waals surface area contributed by atoms with Gasteiger partial charge in [0.25, 0.3) is 0 Å². The average molecular weight is 250 g/mol. The highest BCUT2D eigenvalue weighted by atomic mass is 35.5. The first-order chi connectivity index (χ1) is 8.28. The van der Waals surface area contributed by atoms with Crippen molar-refractivity contribution >= 4 is 11.6 Å². The number of rotatable bonds is 4. The van der Waals surface area contributed by atoms with E-state index in [1.807, 2.05) is 24.3 Å². The fourth-order valence-corrected chi connectivity index (χ4v) is 1.60. The molecule has 17 heavy (non-hydrogen) atoms. The molecule has 0 radical (unpaired) electrons. The zero-order chi connectivity index (χ0) is 12.1. The maximum absolute atomic E-state index is 8.80. The van der Waals surface area contributed by atoms with Gasteiger partial charge in [-0.1, -0.05) is 23.7 Å². The minimum absolute atomic E-state index is 0.153. The van der Waals surface area contributed by atoms with Crippen LogP contribution < -0.4 is 4.74 Å². The van der Waals surface area contributed by atoms with E-state index in [4.69, 9.17) is 21.4 Å². The third kappa shape index (κ3) is 3.44. The van der Waals surface area contributed by atoms with Crippen molar-refractivity contribution in [1.82, 2.24) is 4.98 Å². The van der Waals surface area contributed by atoms with Gasteiger partial charge in [-0.05, 0) is 30.2 Å². The zero-order valence-corrected chi connectivity index (χ0v) is 9.89. The lowest BCUT2D eigenvalue weighted by Gasteiger charge is -2.06. The summed E-state index contributed by atoms with van der Waals surface area (Å²) in [6, 6.07) is 11.0. The molecule has 4 heteroatoms. The third-order valence-corrected chi connectivity index (χ3v) is 2.46. The Morgan fingerprint density at radius 1 is 1.12 bits per heavy atom. The largest absolute Gasteiger partial charge is 0.457 e. The van der Waals surface area contributed by atoms with Crippen LogP contribution in [0.15, 0.2) is 42.6 Å². The van der Waals surface area contributed by atoms with Crippen LogP contribution in [0.2, 0.25) is 5.15 Å². The molecule has 0 saturated carbocycles. The maximum atomic E-state index is 8.80. The zero-order valence-electron chi connectivity index (χ0n) is 9.14. The highest BCUT2D eigenvalue weighted by Crippen LogP contribution is 2.23. The molecule has 1 aromatic heterocycles. The molecule has 2 aromatic rings. The van der Waals surface area contributed by atoms with Crippen molar-refractivity contribution in [3.8, 4) is 11.5 Å². The molecule has 3 nitrogen and oxygen atoms in total. The van der Waals surface area contributed by atoms with E-state index in [-0.39, 0.29) is 6.61 Å². The monoisotopic (exact) mass is 249 g/mol. The summed E-state index contributed by atoms with van der Waals surface area (Å²) >= 11 is 5.76. The fraction of sp³-hybridized carbons (Fsp3) is 0.154.